The topological polar surface area (TPSA) is 107 Å². The third-order valence-corrected chi connectivity index (χ3v) is 4.71. The molecule has 0 spiro atoms. The molecule has 4 N–H and O–H groups in total. The molecule has 0 aliphatic carbocycles. The number of carbonyl (C=O) groups excluding carboxylic acids is 1. The van der Waals surface area contributed by atoms with E-state index in [1.54, 1.807) is 30.3 Å². The first kappa shape index (κ1) is 22.9. The van der Waals surface area contributed by atoms with E-state index in [1.165, 1.54) is 6.08 Å². The minimum atomic E-state index is -2.03. The van der Waals surface area contributed by atoms with E-state index in [-0.39, 0.29) is 12.8 Å². The van der Waals surface area contributed by atoms with E-state index >= 15 is 0 Å². The van der Waals surface area contributed by atoms with Crippen LogP contribution in [-0.4, -0.2) is 45.4 Å². The molecule has 0 aliphatic heterocycles. The maximum absolute atomic E-state index is 11.9. The van der Waals surface area contributed by atoms with Gasteiger partial charge in [0.2, 0.25) is 5.91 Å². The number of hydrogen-bond donors (Lipinski definition) is 4. The Kier molecular flexibility index (Phi) is 8.22. The highest BCUT2D eigenvalue weighted by Crippen LogP contribution is 2.27. The van der Waals surface area contributed by atoms with Crippen LogP contribution in [0.5, 0.6) is 0 Å². The monoisotopic (exact) mass is 437 g/mol. The zero-order valence-electron chi connectivity index (χ0n) is 15.4. The Hall–Kier alpha value is -2.38. The Morgan fingerprint density at radius 3 is 2.14 bits per heavy atom. The fraction of sp³-hybridized carbons (Fsp3) is 0.238. The second-order valence-corrected chi connectivity index (χ2v) is 7.37. The number of aliphatic hydroxyl groups is 2. The lowest BCUT2D eigenvalue weighted by Crippen LogP contribution is -2.51. The van der Waals surface area contributed by atoms with Gasteiger partial charge in [-0.25, -0.2) is 4.79 Å². The van der Waals surface area contributed by atoms with Gasteiger partial charge in [-0.1, -0.05) is 53.5 Å². The summed E-state index contributed by atoms with van der Waals surface area (Å²) in [5.41, 5.74) is 2.41. The molecule has 3 atom stereocenters. The minimum Gasteiger partial charge on any atom is -0.479 e. The molecule has 1 amide bonds. The first-order chi connectivity index (χ1) is 13.7. The van der Waals surface area contributed by atoms with Crippen molar-refractivity contribution in [3.05, 3.63) is 70.7 Å². The van der Waals surface area contributed by atoms with Crippen LogP contribution in [0.4, 0.5) is 0 Å². The van der Waals surface area contributed by atoms with E-state index in [0.29, 0.717) is 10.0 Å². The molecule has 8 heteroatoms. The zero-order chi connectivity index (χ0) is 21.6. The summed E-state index contributed by atoms with van der Waals surface area (Å²) in [4.78, 5) is 22.9. The number of rotatable bonds is 9. The zero-order valence-corrected chi connectivity index (χ0v) is 16.9. The number of carboxylic acid groups (broad SMARTS) is 1. The molecule has 0 saturated carbocycles. The number of hydrogen-bond acceptors (Lipinski definition) is 4. The smallest absolute Gasteiger partial charge is 0.335 e. The van der Waals surface area contributed by atoms with Gasteiger partial charge in [-0.05, 0) is 41.3 Å². The maximum atomic E-state index is 11.9. The van der Waals surface area contributed by atoms with Crippen LogP contribution in [-0.2, 0) is 16.0 Å². The van der Waals surface area contributed by atoms with Crippen molar-refractivity contribution in [2.45, 2.75) is 31.1 Å². The van der Waals surface area contributed by atoms with Crippen LogP contribution in [0.2, 0.25) is 10.0 Å². The molecule has 2 rings (SSSR count). The van der Waals surface area contributed by atoms with E-state index in [4.69, 9.17) is 28.3 Å². The van der Waals surface area contributed by atoms with Gasteiger partial charge >= 0.3 is 5.97 Å². The van der Waals surface area contributed by atoms with Gasteiger partial charge in [-0.15, -0.1) is 6.58 Å². The van der Waals surface area contributed by atoms with Gasteiger partial charge < -0.3 is 20.6 Å². The van der Waals surface area contributed by atoms with Crippen LogP contribution in [0, 0.1) is 0 Å². The summed E-state index contributed by atoms with van der Waals surface area (Å²) in [5.74, 6) is -2.01. The van der Waals surface area contributed by atoms with Crippen molar-refractivity contribution < 1.29 is 24.9 Å². The molecule has 2 aromatic carbocycles. The summed E-state index contributed by atoms with van der Waals surface area (Å²) >= 11 is 12.1. The predicted molar refractivity (Wildman–Crippen MR) is 112 cm³/mol. The van der Waals surface area contributed by atoms with Crippen molar-refractivity contribution in [2.24, 2.45) is 0 Å². The number of aliphatic carboxylic acids is 1. The average Bonchev–Trinajstić information content (AvgIpc) is 2.66. The van der Waals surface area contributed by atoms with Crippen molar-refractivity contribution in [2.75, 3.05) is 0 Å². The van der Waals surface area contributed by atoms with Gasteiger partial charge in [0, 0.05) is 16.5 Å². The summed E-state index contributed by atoms with van der Waals surface area (Å²) < 4.78 is 0. The van der Waals surface area contributed by atoms with Crippen molar-refractivity contribution in [3.63, 3.8) is 0 Å². The number of carboxylic acids is 1. The molecule has 6 nitrogen and oxygen atoms in total. The summed E-state index contributed by atoms with van der Waals surface area (Å²) in [6.45, 7) is 3.47. The predicted octanol–water partition coefficient (Wildman–Crippen LogP) is 3.07. The first-order valence-electron chi connectivity index (χ1n) is 8.76. The number of amides is 1. The summed E-state index contributed by atoms with van der Waals surface area (Å²) in [6.07, 6.45) is -2.21. The van der Waals surface area contributed by atoms with E-state index < -0.39 is 30.1 Å². The van der Waals surface area contributed by atoms with Crippen LogP contribution in [0.15, 0.2) is 55.1 Å². The Morgan fingerprint density at radius 2 is 1.62 bits per heavy atom. The maximum Gasteiger partial charge on any atom is 0.335 e. The number of aliphatic hydroxyl groups excluding tert-OH is 2. The molecule has 0 fully saturated rings. The number of nitrogens with one attached hydrogen (secondary N) is 1. The molecule has 0 aromatic heterocycles. The molecule has 0 saturated heterocycles. The number of benzene rings is 2. The number of halogens is 2. The van der Waals surface area contributed by atoms with Crippen LogP contribution in [0.3, 0.4) is 0 Å². The second-order valence-electron chi connectivity index (χ2n) is 6.50. The van der Waals surface area contributed by atoms with Crippen molar-refractivity contribution >= 4 is 35.1 Å². The summed E-state index contributed by atoms with van der Waals surface area (Å²) in [7, 11) is 0. The van der Waals surface area contributed by atoms with Gasteiger partial charge in [0.15, 0.2) is 6.10 Å². The van der Waals surface area contributed by atoms with E-state index in [9.17, 15) is 19.8 Å². The fourth-order valence-corrected chi connectivity index (χ4v) is 3.35. The first-order valence-corrected chi connectivity index (χ1v) is 9.51. The molecular formula is C21H21Cl2NO5. The highest BCUT2D eigenvalue weighted by molar-refractivity contribution is 6.35. The van der Waals surface area contributed by atoms with Crippen molar-refractivity contribution in [1.29, 1.82) is 0 Å². The highest BCUT2D eigenvalue weighted by Gasteiger charge is 2.32. The van der Waals surface area contributed by atoms with Crippen LogP contribution < -0.4 is 5.32 Å². The largest absolute Gasteiger partial charge is 0.479 e. The van der Waals surface area contributed by atoms with Crippen LogP contribution >= 0.6 is 23.2 Å². The molecule has 0 radical (unpaired) electrons. The molecular weight excluding hydrogens is 417 g/mol. The van der Waals surface area contributed by atoms with Crippen molar-refractivity contribution in [1.82, 2.24) is 5.32 Å². The normalized spacial score (nSPS) is 13.9. The second kappa shape index (κ2) is 10.4. The van der Waals surface area contributed by atoms with Gasteiger partial charge in [0.05, 0.1) is 6.04 Å². The summed E-state index contributed by atoms with van der Waals surface area (Å²) in [5, 5.41) is 32.4. The molecule has 2 aromatic rings. The lowest BCUT2D eigenvalue weighted by Gasteiger charge is -2.26. The fourth-order valence-electron chi connectivity index (χ4n) is 2.83. The lowest BCUT2D eigenvalue weighted by molar-refractivity contribution is -0.154. The third-order valence-electron chi connectivity index (χ3n) is 4.27. The van der Waals surface area contributed by atoms with E-state index in [1.807, 2.05) is 12.1 Å². The average molecular weight is 438 g/mol. The minimum absolute atomic E-state index is 0.000844. The Labute approximate surface area is 178 Å². The van der Waals surface area contributed by atoms with Crippen LogP contribution in [0.1, 0.15) is 12.0 Å². The molecule has 0 bridgehead atoms. The quantitative estimate of drug-likeness (QED) is 0.451. The Bertz CT molecular complexity index is 865. The van der Waals surface area contributed by atoms with Gasteiger partial charge in [-0.2, -0.15) is 0 Å². The molecule has 29 heavy (non-hydrogen) atoms. The molecule has 0 unspecified atom stereocenters. The number of carbonyl (C=O) groups is 2. The lowest BCUT2D eigenvalue weighted by atomic mass is 9.95. The standard InChI is InChI=1S/C21H21Cl2NO5/c1-2-3-18(25)24-17(19(26)20(27)21(28)29)8-12-4-6-13(7-5-12)14-9-15(22)11-16(23)10-14/h2,4-7,9-11,17,19-20,26-27H,1,3,8H2,(H,24,25)(H,28,29)/t17-,19+,20-/m0/s1. The van der Waals surface area contributed by atoms with Gasteiger partial charge in [0.25, 0.3) is 0 Å². The molecule has 0 aliphatic rings. The Morgan fingerprint density at radius 1 is 1.03 bits per heavy atom. The molecule has 0 heterocycles. The van der Waals surface area contributed by atoms with Gasteiger partial charge in [0.1, 0.15) is 6.10 Å². The highest BCUT2D eigenvalue weighted by atomic mass is 35.5. The van der Waals surface area contributed by atoms with E-state index in [2.05, 4.69) is 11.9 Å². The van der Waals surface area contributed by atoms with Crippen molar-refractivity contribution in [3.8, 4) is 11.1 Å². The van der Waals surface area contributed by atoms with Crippen LogP contribution in [0.25, 0.3) is 11.1 Å². The molecule has 154 valence electrons. The van der Waals surface area contributed by atoms with Gasteiger partial charge in [-0.3, -0.25) is 4.79 Å². The van der Waals surface area contributed by atoms with E-state index in [0.717, 1.165) is 16.7 Å². The third kappa shape index (κ3) is 6.58. The Balaban J connectivity index is 2.21. The summed E-state index contributed by atoms with van der Waals surface area (Å²) in [6, 6.07) is 11.4. The SMILES string of the molecule is C=CCC(=O)N[C@@H](Cc1ccc(-c2cc(Cl)cc(Cl)c2)cc1)[C@@H](O)[C@H](O)C(=O)O.